The molecule has 0 N–H and O–H groups in total. The molecular formula is C14H16ClN3O2. The molecule has 0 atom stereocenters. The summed E-state index contributed by atoms with van der Waals surface area (Å²) in [6, 6.07) is 7.37. The second-order valence-corrected chi connectivity index (χ2v) is 5.19. The minimum atomic E-state index is -0.163. The molecule has 6 heteroatoms. The second-order valence-electron chi connectivity index (χ2n) is 4.76. The van der Waals surface area contributed by atoms with Crippen molar-refractivity contribution >= 4 is 29.1 Å². The van der Waals surface area contributed by atoms with E-state index < -0.39 is 0 Å². The highest BCUT2D eigenvalue weighted by Gasteiger charge is 2.24. The lowest BCUT2D eigenvalue weighted by Crippen LogP contribution is -2.38. The van der Waals surface area contributed by atoms with Crippen LogP contribution in [0.5, 0.6) is 0 Å². The Bertz CT molecular complexity index is 571. The van der Waals surface area contributed by atoms with E-state index in [2.05, 4.69) is 5.10 Å². The Morgan fingerprint density at radius 2 is 2.20 bits per heavy atom. The molecule has 0 unspecified atom stereocenters. The maximum atomic E-state index is 12.3. The van der Waals surface area contributed by atoms with Crippen LogP contribution in [-0.2, 0) is 16.1 Å². The van der Waals surface area contributed by atoms with Gasteiger partial charge in [0.05, 0.1) is 0 Å². The van der Waals surface area contributed by atoms with Crippen LogP contribution in [0, 0.1) is 0 Å². The highest BCUT2D eigenvalue weighted by Crippen LogP contribution is 2.14. The van der Waals surface area contributed by atoms with Gasteiger partial charge in [0.25, 0.3) is 5.91 Å². The second kappa shape index (κ2) is 6.05. The Morgan fingerprint density at radius 3 is 2.85 bits per heavy atom. The van der Waals surface area contributed by atoms with Crippen LogP contribution < -0.4 is 0 Å². The number of hydrogen-bond donors (Lipinski definition) is 0. The van der Waals surface area contributed by atoms with Gasteiger partial charge in [-0.15, -0.1) is 0 Å². The summed E-state index contributed by atoms with van der Waals surface area (Å²) in [7, 11) is 3.27. The van der Waals surface area contributed by atoms with Crippen molar-refractivity contribution in [2.45, 2.75) is 19.4 Å². The average Bonchev–Trinajstić information content (AvgIpc) is 2.41. The van der Waals surface area contributed by atoms with Crippen LogP contribution in [0.15, 0.2) is 29.4 Å². The van der Waals surface area contributed by atoms with Crippen LogP contribution in [0.2, 0.25) is 5.02 Å². The number of hydrogen-bond acceptors (Lipinski definition) is 3. The van der Waals surface area contributed by atoms with Gasteiger partial charge >= 0.3 is 0 Å². The van der Waals surface area contributed by atoms with Gasteiger partial charge in [0.2, 0.25) is 5.91 Å². The molecule has 0 fully saturated rings. The fraction of sp³-hybridized carbons (Fsp3) is 0.357. The summed E-state index contributed by atoms with van der Waals surface area (Å²) >= 11 is 5.92. The molecule has 106 valence electrons. The molecule has 1 aliphatic rings. The maximum Gasteiger partial charge on any atom is 0.270 e. The molecule has 0 aromatic heterocycles. The number of nitrogens with zero attached hydrogens (tertiary/aromatic N) is 3. The molecule has 1 aromatic carbocycles. The van der Waals surface area contributed by atoms with E-state index in [9.17, 15) is 9.59 Å². The van der Waals surface area contributed by atoms with Gasteiger partial charge in [-0.2, -0.15) is 5.10 Å². The molecule has 0 spiro atoms. The average molecular weight is 294 g/mol. The molecular weight excluding hydrogens is 278 g/mol. The van der Waals surface area contributed by atoms with Gasteiger partial charge in [0.15, 0.2) is 0 Å². The van der Waals surface area contributed by atoms with E-state index in [1.165, 1.54) is 5.01 Å². The van der Waals surface area contributed by atoms with Crippen LogP contribution in [0.25, 0.3) is 0 Å². The Morgan fingerprint density at radius 1 is 1.45 bits per heavy atom. The highest BCUT2D eigenvalue weighted by atomic mass is 35.5. The van der Waals surface area contributed by atoms with Crippen molar-refractivity contribution in [3.8, 4) is 0 Å². The van der Waals surface area contributed by atoms with E-state index in [0.29, 0.717) is 30.1 Å². The first kappa shape index (κ1) is 14.5. The van der Waals surface area contributed by atoms with Gasteiger partial charge < -0.3 is 4.90 Å². The zero-order chi connectivity index (χ0) is 14.7. The predicted molar refractivity (Wildman–Crippen MR) is 77.4 cm³/mol. The van der Waals surface area contributed by atoms with Crippen LogP contribution in [0.4, 0.5) is 0 Å². The lowest BCUT2D eigenvalue weighted by molar-refractivity contribution is -0.130. The number of rotatable bonds is 3. The predicted octanol–water partition coefficient (Wildman–Crippen LogP) is 1.91. The summed E-state index contributed by atoms with van der Waals surface area (Å²) in [6.07, 6.45) is 0.716. The van der Waals surface area contributed by atoms with Crippen molar-refractivity contribution in [3.63, 3.8) is 0 Å². The summed E-state index contributed by atoms with van der Waals surface area (Å²) in [4.78, 5) is 25.2. The third-order valence-electron chi connectivity index (χ3n) is 3.11. The van der Waals surface area contributed by atoms with E-state index >= 15 is 0 Å². The van der Waals surface area contributed by atoms with Crippen molar-refractivity contribution < 1.29 is 9.59 Å². The first-order chi connectivity index (χ1) is 9.47. The Hall–Kier alpha value is -1.88. The molecule has 2 amide bonds. The molecule has 0 bridgehead atoms. The quantitative estimate of drug-likeness (QED) is 0.855. The van der Waals surface area contributed by atoms with Crippen LogP contribution in [0.1, 0.15) is 18.4 Å². The standard InChI is InChI=1S/C14H16ClN3O2/c1-17(9-10-4-3-5-11(15)8-10)14(20)12-6-7-13(19)18(2)16-12/h3-5,8H,6-7,9H2,1-2H3. The zero-order valence-corrected chi connectivity index (χ0v) is 12.2. The summed E-state index contributed by atoms with van der Waals surface area (Å²) < 4.78 is 0. The fourth-order valence-electron chi connectivity index (χ4n) is 2.02. The van der Waals surface area contributed by atoms with E-state index in [1.807, 2.05) is 18.2 Å². The van der Waals surface area contributed by atoms with Crippen LogP contribution in [-0.4, -0.2) is 41.5 Å². The number of halogens is 1. The highest BCUT2D eigenvalue weighted by molar-refractivity contribution is 6.39. The van der Waals surface area contributed by atoms with Gasteiger partial charge in [0.1, 0.15) is 5.71 Å². The van der Waals surface area contributed by atoms with Crippen molar-refractivity contribution in [1.29, 1.82) is 0 Å². The summed E-state index contributed by atoms with van der Waals surface area (Å²) in [6.45, 7) is 0.454. The van der Waals surface area contributed by atoms with E-state index in [1.54, 1.807) is 25.1 Å². The zero-order valence-electron chi connectivity index (χ0n) is 11.5. The monoisotopic (exact) mass is 293 g/mol. The minimum Gasteiger partial charge on any atom is -0.336 e. The first-order valence-electron chi connectivity index (χ1n) is 6.31. The molecule has 20 heavy (non-hydrogen) atoms. The van der Waals surface area contributed by atoms with Crippen LogP contribution >= 0.6 is 11.6 Å². The molecule has 0 saturated carbocycles. The summed E-state index contributed by atoms with van der Waals surface area (Å²) in [5, 5.41) is 5.90. The van der Waals surface area contributed by atoms with Crippen molar-refractivity contribution in [3.05, 3.63) is 34.9 Å². The van der Waals surface area contributed by atoms with Crippen molar-refractivity contribution in [1.82, 2.24) is 9.91 Å². The minimum absolute atomic E-state index is 0.0703. The number of amides is 2. The topological polar surface area (TPSA) is 53.0 Å². The molecule has 2 rings (SSSR count). The molecule has 0 radical (unpaired) electrons. The number of benzene rings is 1. The van der Waals surface area contributed by atoms with E-state index in [0.717, 1.165) is 5.56 Å². The number of hydrazone groups is 1. The van der Waals surface area contributed by atoms with Gasteiger partial charge in [-0.05, 0) is 17.7 Å². The molecule has 1 aromatic rings. The third kappa shape index (κ3) is 3.36. The third-order valence-corrected chi connectivity index (χ3v) is 3.34. The first-order valence-corrected chi connectivity index (χ1v) is 6.69. The van der Waals surface area contributed by atoms with Gasteiger partial charge in [-0.1, -0.05) is 23.7 Å². The normalized spacial score (nSPS) is 15.1. The van der Waals surface area contributed by atoms with Crippen molar-refractivity contribution in [2.75, 3.05) is 14.1 Å². The van der Waals surface area contributed by atoms with Crippen molar-refractivity contribution in [2.24, 2.45) is 5.10 Å². The van der Waals surface area contributed by atoms with E-state index in [-0.39, 0.29) is 11.8 Å². The lowest BCUT2D eigenvalue weighted by atomic mass is 10.1. The molecule has 5 nitrogen and oxygen atoms in total. The SMILES string of the molecule is CN(Cc1cccc(Cl)c1)C(=O)C1=NN(C)C(=O)CC1. The van der Waals surface area contributed by atoms with Gasteiger partial charge in [-0.25, -0.2) is 5.01 Å². The molecule has 1 aliphatic heterocycles. The number of carbonyl (C=O) groups excluding carboxylic acids is 2. The smallest absolute Gasteiger partial charge is 0.270 e. The molecule has 0 aliphatic carbocycles. The fourth-order valence-corrected chi connectivity index (χ4v) is 2.24. The van der Waals surface area contributed by atoms with Crippen LogP contribution in [0.3, 0.4) is 0 Å². The maximum absolute atomic E-state index is 12.3. The largest absolute Gasteiger partial charge is 0.336 e. The van der Waals surface area contributed by atoms with E-state index in [4.69, 9.17) is 11.6 Å². The summed E-state index contributed by atoms with van der Waals surface area (Å²) in [5.41, 5.74) is 1.37. The number of carbonyl (C=O) groups is 2. The molecule has 1 heterocycles. The summed E-state index contributed by atoms with van der Waals surface area (Å²) in [5.74, 6) is -0.233. The van der Waals surface area contributed by atoms with Gasteiger partial charge in [0, 0.05) is 38.5 Å². The molecule has 0 saturated heterocycles. The van der Waals surface area contributed by atoms with Gasteiger partial charge in [-0.3, -0.25) is 9.59 Å². The Labute approximate surface area is 122 Å². The Balaban J connectivity index is 2.06. The lowest BCUT2D eigenvalue weighted by Gasteiger charge is -2.23. The Kier molecular flexibility index (Phi) is 4.39.